The first-order valence-corrected chi connectivity index (χ1v) is 6.27. The number of amides is 2. The molecule has 1 aliphatic rings. The number of para-hydroxylation sites is 1. The third-order valence-electron chi connectivity index (χ3n) is 2.44. The van der Waals surface area contributed by atoms with Crippen LogP contribution < -0.4 is 4.90 Å². The molecule has 0 aromatic heterocycles. The van der Waals surface area contributed by atoms with E-state index in [1.54, 1.807) is 0 Å². The highest BCUT2D eigenvalue weighted by atomic mass is 32.2. The van der Waals surface area contributed by atoms with E-state index < -0.39 is 26.8 Å². The van der Waals surface area contributed by atoms with Crippen LogP contribution in [0.3, 0.4) is 0 Å². The molecule has 0 bridgehead atoms. The van der Waals surface area contributed by atoms with Gasteiger partial charge in [-0.3, -0.25) is 14.1 Å². The molecule has 2 amide bonds. The number of hydrogen-bond acceptors (Lipinski definition) is 4. The maximum atomic E-state index is 11.5. The summed E-state index contributed by atoms with van der Waals surface area (Å²) >= 11 is 0. The minimum absolute atomic E-state index is 0.0542. The topological polar surface area (TPSA) is 91.8 Å². The maximum absolute atomic E-state index is 11.5. The van der Waals surface area contributed by atoms with Gasteiger partial charge < -0.3 is 0 Å². The third-order valence-corrected chi connectivity index (χ3v) is 3.34. The van der Waals surface area contributed by atoms with E-state index in [0.29, 0.717) is 0 Å². The van der Waals surface area contributed by atoms with E-state index in [4.69, 9.17) is 4.55 Å². The summed E-state index contributed by atoms with van der Waals surface area (Å²) in [5.41, 5.74) is -0.0949. The first-order valence-electron chi connectivity index (χ1n) is 4.83. The highest BCUT2D eigenvalue weighted by Crippen LogP contribution is 2.29. The summed E-state index contributed by atoms with van der Waals surface area (Å²) in [5, 5.41) is 0. The van der Waals surface area contributed by atoms with E-state index >= 15 is 0 Å². The van der Waals surface area contributed by atoms with Crippen LogP contribution in [0.15, 0.2) is 29.2 Å². The van der Waals surface area contributed by atoms with Gasteiger partial charge in [0.25, 0.3) is 10.1 Å². The number of hydrogen-bond donors (Lipinski definition) is 1. The van der Waals surface area contributed by atoms with Gasteiger partial charge in [-0.05, 0) is 12.1 Å². The van der Waals surface area contributed by atoms with Gasteiger partial charge in [-0.25, -0.2) is 4.90 Å². The van der Waals surface area contributed by atoms with E-state index in [9.17, 15) is 18.0 Å². The molecule has 1 aromatic rings. The van der Waals surface area contributed by atoms with Crippen molar-refractivity contribution in [3.8, 4) is 0 Å². The molecule has 1 saturated heterocycles. The van der Waals surface area contributed by atoms with Crippen LogP contribution >= 0.6 is 0 Å². The van der Waals surface area contributed by atoms with Crippen molar-refractivity contribution in [2.24, 2.45) is 0 Å². The molecule has 0 saturated carbocycles. The smallest absolute Gasteiger partial charge is 0.282 e. The van der Waals surface area contributed by atoms with E-state index in [0.717, 1.165) is 11.0 Å². The van der Waals surface area contributed by atoms with Crippen molar-refractivity contribution in [2.45, 2.75) is 17.7 Å². The SMILES string of the molecule is O=C1CCC(=O)N1c1ccccc1S(=O)(=O)O. The van der Waals surface area contributed by atoms with Crippen LogP contribution in [0.5, 0.6) is 0 Å². The fourth-order valence-corrected chi connectivity index (χ4v) is 2.38. The second-order valence-electron chi connectivity index (χ2n) is 3.57. The molecule has 0 radical (unpaired) electrons. The van der Waals surface area contributed by atoms with E-state index in [1.165, 1.54) is 18.2 Å². The largest absolute Gasteiger partial charge is 0.296 e. The average Bonchev–Trinajstić information content (AvgIpc) is 2.57. The molecule has 17 heavy (non-hydrogen) atoms. The highest BCUT2D eigenvalue weighted by Gasteiger charge is 2.33. The maximum Gasteiger partial charge on any atom is 0.296 e. The molecule has 1 aromatic carbocycles. The summed E-state index contributed by atoms with van der Waals surface area (Å²) in [4.78, 5) is 23.3. The normalized spacial score (nSPS) is 16.6. The molecule has 2 rings (SSSR count). The van der Waals surface area contributed by atoms with Gasteiger partial charge >= 0.3 is 0 Å². The van der Waals surface area contributed by atoms with Gasteiger partial charge in [0.2, 0.25) is 11.8 Å². The van der Waals surface area contributed by atoms with Crippen LogP contribution in [0.1, 0.15) is 12.8 Å². The van der Waals surface area contributed by atoms with Crippen molar-refractivity contribution in [1.29, 1.82) is 0 Å². The summed E-state index contributed by atoms with van der Waals surface area (Å²) in [7, 11) is -4.46. The fourth-order valence-electron chi connectivity index (χ4n) is 1.71. The zero-order valence-electron chi connectivity index (χ0n) is 8.66. The van der Waals surface area contributed by atoms with Gasteiger partial charge in [0.05, 0.1) is 5.69 Å². The predicted molar refractivity (Wildman–Crippen MR) is 58.0 cm³/mol. The second-order valence-corrected chi connectivity index (χ2v) is 4.96. The van der Waals surface area contributed by atoms with Gasteiger partial charge in [-0.15, -0.1) is 0 Å². The molecular formula is C10H9NO5S. The standard InChI is InChI=1S/C10H9NO5S/c12-9-5-6-10(13)11(9)7-3-1-2-4-8(7)17(14,15)16/h1-4H,5-6H2,(H,14,15,16). The number of carbonyl (C=O) groups excluding carboxylic acids is 2. The summed E-state index contributed by atoms with van der Waals surface area (Å²) in [5.74, 6) is -0.933. The van der Waals surface area contributed by atoms with E-state index in [-0.39, 0.29) is 18.5 Å². The lowest BCUT2D eigenvalue weighted by molar-refractivity contribution is -0.121. The number of rotatable bonds is 2. The van der Waals surface area contributed by atoms with Crippen LogP contribution in [0.25, 0.3) is 0 Å². The third kappa shape index (κ3) is 2.06. The van der Waals surface area contributed by atoms with Crippen LogP contribution in [0.2, 0.25) is 0 Å². The van der Waals surface area contributed by atoms with Gasteiger partial charge in [0, 0.05) is 12.8 Å². The molecule has 0 atom stereocenters. The molecule has 0 aliphatic carbocycles. The van der Waals surface area contributed by atoms with Gasteiger partial charge in [-0.1, -0.05) is 12.1 Å². The Labute approximate surface area is 97.6 Å². The first kappa shape index (κ1) is 11.7. The molecule has 90 valence electrons. The molecule has 6 nitrogen and oxygen atoms in total. The molecule has 1 N–H and O–H groups in total. The molecule has 1 heterocycles. The molecular weight excluding hydrogens is 246 g/mol. The summed E-state index contributed by atoms with van der Waals surface area (Å²) in [6.07, 6.45) is 0.108. The quantitative estimate of drug-likeness (QED) is 0.616. The Bertz CT molecular complexity index is 576. The van der Waals surface area contributed by atoms with Crippen LogP contribution in [-0.2, 0) is 19.7 Å². The van der Waals surface area contributed by atoms with E-state index in [2.05, 4.69) is 0 Å². The van der Waals surface area contributed by atoms with Crippen molar-refractivity contribution < 1.29 is 22.6 Å². The van der Waals surface area contributed by atoms with Gasteiger partial charge in [0.1, 0.15) is 4.90 Å². The Kier molecular flexibility index (Phi) is 2.72. The zero-order valence-corrected chi connectivity index (χ0v) is 9.48. The minimum atomic E-state index is -4.46. The number of nitrogens with zero attached hydrogens (tertiary/aromatic N) is 1. The highest BCUT2D eigenvalue weighted by molar-refractivity contribution is 7.86. The van der Waals surface area contributed by atoms with Crippen LogP contribution in [0, 0.1) is 0 Å². The first-order chi connectivity index (χ1) is 7.91. The Morgan fingerprint density at radius 3 is 2.12 bits per heavy atom. The number of imide groups is 1. The second kappa shape index (κ2) is 3.94. The lowest BCUT2D eigenvalue weighted by Crippen LogP contribution is -2.30. The zero-order chi connectivity index (χ0) is 12.6. The Morgan fingerprint density at radius 2 is 1.59 bits per heavy atom. The van der Waals surface area contributed by atoms with E-state index in [1.807, 2.05) is 0 Å². The van der Waals surface area contributed by atoms with Crippen molar-refractivity contribution in [2.75, 3.05) is 4.90 Å². The fraction of sp³-hybridized carbons (Fsp3) is 0.200. The summed E-state index contributed by atoms with van der Waals surface area (Å²) < 4.78 is 31.3. The number of anilines is 1. The predicted octanol–water partition coefficient (Wildman–Crippen LogP) is 0.587. The monoisotopic (exact) mass is 255 g/mol. The number of benzene rings is 1. The van der Waals surface area contributed by atoms with Crippen molar-refractivity contribution in [3.05, 3.63) is 24.3 Å². The summed E-state index contributed by atoms with van der Waals surface area (Å²) in [6.45, 7) is 0. The van der Waals surface area contributed by atoms with Crippen molar-refractivity contribution >= 4 is 27.6 Å². The molecule has 1 aliphatic heterocycles. The minimum Gasteiger partial charge on any atom is -0.282 e. The van der Waals surface area contributed by atoms with Gasteiger partial charge in [-0.2, -0.15) is 8.42 Å². The summed E-state index contributed by atoms with van der Waals surface area (Å²) in [6, 6.07) is 5.34. The molecule has 1 fully saturated rings. The van der Waals surface area contributed by atoms with Crippen LogP contribution in [-0.4, -0.2) is 24.8 Å². The lowest BCUT2D eigenvalue weighted by atomic mass is 10.3. The number of carbonyl (C=O) groups is 2. The molecule has 7 heteroatoms. The van der Waals surface area contributed by atoms with Crippen molar-refractivity contribution in [3.63, 3.8) is 0 Å². The lowest BCUT2D eigenvalue weighted by Gasteiger charge is -2.16. The van der Waals surface area contributed by atoms with Crippen LogP contribution in [0.4, 0.5) is 5.69 Å². The Hall–Kier alpha value is -1.73. The molecule has 0 unspecified atom stereocenters. The average molecular weight is 255 g/mol. The van der Waals surface area contributed by atoms with Crippen molar-refractivity contribution in [1.82, 2.24) is 0 Å². The molecule has 0 spiro atoms. The van der Waals surface area contributed by atoms with Gasteiger partial charge in [0.15, 0.2) is 0 Å². The Morgan fingerprint density at radius 1 is 1.06 bits per heavy atom. The Balaban J connectivity index is 2.60.